The van der Waals surface area contributed by atoms with Crippen LogP contribution < -0.4 is 5.32 Å². The molecule has 1 heteroatoms. The van der Waals surface area contributed by atoms with Crippen LogP contribution in [0.25, 0.3) is 0 Å². The highest BCUT2D eigenvalue weighted by molar-refractivity contribution is 5.63. The van der Waals surface area contributed by atoms with Gasteiger partial charge in [0.2, 0.25) is 0 Å². The third-order valence-electron chi connectivity index (χ3n) is 3.56. The Balaban J connectivity index is 2.53. The molecule has 16 heavy (non-hydrogen) atoms. The van der Waals surface area contributed by atoms with Crippen LogP contribution >= 0.6 is 0 Å². The normalized spacial score (nSPS) is 22.8. The van der Waals surface area contributed by atoms with E-state index in [0.29, 0.717) is 11.8 Å². The summed E-state index contributed by atoms with van der Waals surface area (Å²) in [5.41, 5.74) is 4.56. The van der Waals surface area contributed by atoms with E-state index in [9.17, 15) is 0 Å². The monoisotopic (exact) mass is 217 g/mol. The SMILES string of the molecule is CC(C)c1cccc2c1NC(C)(C)C[C@H]2C. The molecule has 1 aliphatic rings. The van der Waals surface area contributed by atoms with Crippen LogP contribution in [0.4, 0.5) is 5.69 Å². The molecular formula is C15H23N. The van der Waals surface area contributed by atoms with E-state index in [0.717, 1.165) is 0 Å². The molecule has 0 saturated heterocycles. The highest BCUT2D eigenvalue weighted by Crippen LogP contribution is 2.42. The summed E-state index contributed by atoms with van der Waals surface area (Å²) >= 11 is 0. The summed E-state index contributed by atoms with van der Waals surface area (Å²) < 4.78 is 0. The van der Waals surface area contributed by atoms with Crippen LogP contribution in [0.15, 0.2) is 18.2 Å². The van der Waals surface area contributed by atoms with Crippen LogP contribution in [0.2, 0.25) is 0 Å². The van der Waals surface area contributed by atoms with Crippen LogP contribution in [0.1, 0.15) is 64.0 Å². The smallest absolute Gasteiger partial charge is 0.0414 e. The van der Waals surface area contributed by atoms with Gasteiger partial charge in [-0.1, -0.05) is 39.0 Å². The van der Waals surface area contributed by atoms with Gasteiger partial charge < -0.3 is 5.32 Å². The molecule has 0 aromatic heterocycles. The summed E-state index contributed by atoms with van der Waals surface area (Å²) in [6.45, 7) is 11.5. The first kappa shape index (κ1) is 11.5. The standard InChI is InChI=1S/C15H23N/c1-10(2)12-7-6-8-13-11(3)9-15(4,5)16-14(12)13/h6-8,10-11,16H,9H2,1-5H3/t11-/m1/s1. The maximum Gasteiger partial charge on any atom is 0.0414 e. The average Bonchev–Trinajstić information content (AvgIpc) is 2.14. The molecule has 1 aliphatic heterocycles. The minimum atomic E-state index is 0.220. The van der Waals surface area contributed by atoms with Crippen LogP contribution in [0.5, 0.6) is 0 Å². The van der Waals surface area contributed by atoms with E-state index in [1.165, 1.54) is 23.2 Å². The van der Waals surface area contributed by atoms with Crippen molar-refractivity contribution in [2.24, 2.45) is 0 Å². The number of benzene rings is 1. The molecule has 0 saturated carbocycles. The molecule has 1 heterocycles. The molecule has 0 radical (unpaired) electrons. The Bertz CT molecular complexity index is 376. The van der Waals surface area contributed by atoms with E-state index in [4.69, 9.17) is 0 Å². The first-order valence-corrected chi connectivity index (χ1v) is 6.32. The van der Waals surface area contributed by atoms with E-state index < -0.39 is 0 Å². The van der Waals surface area contributed by atoms with Crippen LogP contribution in [-0.2, 0) is 0 Å². The van der Waals surface area contributed by atoms with E-state index in [1.807, 2.05) is 0 Å². The van der Waals surface area contributed by atoms with E-state index in [2.05, 4.69) is 58.1 Å². The van der Waals surface area contributed by atoms with E-state index in [1.54, 1.807) is 0 Å². The number of para-hydroxylation sites is 1. The predicted octanol–water partition coefficient (Wildman–Crippen LogP) is 4.51. The largest absolute Gasteiger partial charge is 0.380 e. The summed E-state index contributed by atoms with van der Waals surface area (Å²) in [6.07, 6.45) is 1.21. The first-order valence-electron chi connectivity index (χ1n) is 6.32. The van der Waals surface area contributed by atoms with Gasteiger partial charge in [-0.2, -0.15) is 0 Å². The second-order valence-corrected chi connectivity index (χ2v) is 6.08. The van der Waals surface area contributed by atoms with Crippen molar-refractivity contribution in [2.75, 3.05) is 5.32 Å². The van der Waals surface area contributed by atoms with Crippen molar-refractivity contribution in [2.45, 2.75) is 58.4 Å². The molecule has 1 N–H and O–H groups in total. The highest BCUT2D eigenvalue weighted by atomic mass is 15.0. The number of rotatable bonds is 1. The van der Waals surface area contributed by atoms with Gasteiger partial charge in [0.15, 0.2) is 0 Å². The van der Waals surface area contributed by atoms with Gasteiger partial charge in [-0.25, -0.2) is 0 Å². The maximum atomic E-state index is 3.72. The van der Waals surface area contributed by atoms with Crippen molar-refractivity contribution in [3.8, 4) is 0 Å². The second kappa shape index (κ2) is 3.80. The number of anilines is 1. The van der Waals surface area contributed by atoms with Crippen LogP contribution in [0, 0.1) is 0 Å². The number of fused-ring (bicyclic) bond motifs is 1. The third-order valence-corrected chi connectivity index (χ3v) is 3.56. The van der Waals surface area contributed by atoms with Crippen molar-refractivity contribution in [1.29, 1.82) is 0 Å². The van der Waals surface area contributed by atoms with Gasteiger partial charge >= 0.3 is 0 Å². The topological polar surface area (TPSA) is 12.0 Å². The summed E-state index contributed by atoms with van der Waals surface area (Å²) in [5.74, 6) is 1.24. The minimum absolute atomic E-state index is 0.220. The molecule has 0 bridgehead atoms. The Kier molecular flexibility index (Phi) is 2.73. The number of hydrogen-bond acceptors (Lipinski definition) is 1. The van der Waals surface area contributed by atoms with Gasteiger partial charge in [0.25, 0.3) is 0 Å². The zero-order valence-corrected chi connectivity index (χ0v) is 11.1. The first-order chi connectivity index (χ1) is 7.41. The van der Waals surface area contributed by atoms with Gasteiger partial charge in [-0.05, 0) is 43.2 Å². The minimum Gasteiger partial charge on any atom is -0.380 e. The number of nitrogens with one attached hydrogen (secondary N) is 1. The molecule has 1 nitrogen and oxygen atoms in total. The molecule has 0 spiro atoms. The summed E-state index contributed by atoms with van der Waals surface area (Å²) in [5, 5.41) is 3.72. The molecule has 0 unspecified atom stereocenters. The molecular weight excluding hydrogens is 194 g/mol. The van der Waals surface area contributed by atoms with Crippen molar-refractivity contribution in [3.63, 3.8) is 0 Å². The lowest BCUT2D eigenvalue weighted by atomic mass is 9.80. The molecule has 2 rings (SSSR count). The Morgan fingerprint density at radius 1 is 1.31 bits per heavy atom. The quantitative estimate of drug-likeness (QED) is 0.730. The Morgan fingerprint density at radius 2 is 2.00 bits per heavy atom. The van der Waals surface area contributed by atoms with Gasteiger partial charge in [-0.15, -0.1) is 0 Å². The average molecular weight is 217 g/mol. The third kappa shape index (κ3) is 1.95. The van der Waals surface area contributed by atoms with Crippen molar-refractivity contribution in [3.05, 3.63) is 29.3 Å². The Morgan fingerprint density at radius 3 is 2.62 bits per heavy atom. The fraction of sp³-hybridized carbons (Fsp3) is 0.600. The van der Waals surface area contributed by atoms with E-state index >= 15 is 0 Å². The van der Waals surface area contributed by atoms with Gasteiger partial charge in [0.1, 0.15) is 0 Å². The van der Waals surface area contributed by atoms with Crippen LogP contribution in [-0.4, -0.2) is 5.54 Å². The predicted molar refractivity (Wildman–Crippen MR) is 71.3 cm³/mol. The molecule has 1 aromatic rings. The van der Waals surface area contributed by atoms with Crippen molar-refractivity contribution >= 4 is 5.69 Å². The summed E-state index contributed by atoms with van der Waals surface area (Å²) in [6, 6.07) is 6.73. The second-order valence-electron chi connectivity index (χ2n) is 6.08. The van der Waals surface area contributed by atoms with Crippen molar-refractivity contribution < 1.29 is 0 Å². The molecule has 0 aliphatic carbocycles. The molecule has 88 valence electrons. The fourth-order valence-corrected chi connectivity index (χ4v) is 2.89. The van der Waals surface area contributed by atoms with Gasteiger partial charge in [-0.3, -0.25) is 0 Å². The Labute approximate surface area is 99.3 Å². The molecule has 0 amide bonds. The highest BCUT2D eigenvalue weighted by Gasteiger charge is 2.30. The lowest BCUT2D eigenvalue weighted by Gasteiger charge is -2.39. The molecule has 1 atom stereocenters. The molecule has 0 fully saturated rings. The number of hydrogen-bond donors (Lipinski definition) is 1. The van der Waals surface area contributed by atoms with Gasteiger partial charge in [0, 0.05) is 11.2 Å². The zero-order chi connectivity index (χ0) is 11.9. The van der Waals surface area contributed by atoms with E-state index in [-0.39, 0.29) is 5.54 Å². The van der Waals surface area contributed by atoms with Gasteiger partial charge in [0.05, 0.1) is 0 Å². The Hall–Kier alpha value is -0.980. The van der Waals surface area contributed by atoms with Crippen molar-refractivity contribution in [1.82, 2.24) is 0 Å². The zero-order valence-electron chi connectivity index (χ0n) is 11.1. The fourth-order valence-electron chi connectivity index (χ4n) is 2.89. The maximum absolute atomic E-state index is 3.72. The lowest BCUT2D eigenvalue weighted by Crippen LogP contribution is -2.37. The van der Waals surface area contributed by atoms with Crippen LogP contribution in [0.3, 0.4) is 0 Å². The summed E-state index contributed by atoms with van der Waals surface area (Å²) in [4.78, 5) is 0. The lowest BCUT2D eigenvalue weighted by molar-refractivity contribution is 0.452. The molecule has 1 aromatic carbocycles. The summed E-state index contributed by atoms with van der Waals surface area (Å²) in [7, 11) is 0.